The Kier molecular flexibility index (Phi) is 4.71. The van der Waals surface area contributed by atoms with Crippen LogP contribution < -0.4 is 11.1 Å². The fourth-order valence-electron chi connectivity index (χ4n) is 1.46. The molecular formula is C13H18ClFN2O. The Labute approximate surface area is 112 Å². The summed E-state index contributed by atoms with van der Waals surface area (Å²) in [5, 5.41) is 3.54. The van der Waals surface area contributed by atoms with Gasteiger partial charge in [0.15, 0.2) is 0 Å². The van der Waals surface area contributed by atoms with Gasteiger partial charge in [-0.3, -0.25) is 4.79 Å². The van der Waals surface area contributed by atoms with Gasteiger partial charge in [-0.1, -0.05) is 17.7 Å². The summed E-state index contributed by atoms with van der Waals surface area (Å²) in [5.74, 6) is -0.735. The van der Waals surface area contributed by atoms with Crippen LogP contribution in [0, 0.1) is 11.2 Å². The molecule has 1 amide bonds. The highest BCUT2D eigenvalue weighted by atomic mass is 35.5. The molecule has 0 fully saturated rings. The summed E-state index contributed by atoms with van der Waals surface area (Å²) in [6.45, 7) is 5.86. The molecule has 0 heterocycles. The molecule has 3 nitrogen and oxygen atoms in total. The summed E-state index contributed by atoms with van der Waals surface area (Å²) in [6, 6.07) is 4.18. The third-order valence-electron chi connectivity index (χ3n) is 2.95. The summed E-state index contributed by atoms with van der Waals surface area (Å²) in [4.78, 5) is 11.2. The summed E-state index contributed by atoms with van der Waals surface area (Å²) in [7, 11) is 0. The fourth-order valence-corrected chi connectivity index (χ4v) is 1.79. The van der Waals surface area contributed by atoms with Crippen LogP contribution in [0.1, 0.15) is 32.4 Å². The van der Waals surface area contributed by atoms with Crippen molar-refractivity contribution in [3.63, 3.8) is 0 Å². The number of rotatable bonds is 5. The van der Waals surface area contributed by atoms with Crippen LogP contribution in [0.2, 0.25) is 5.02 Å². The molecule has 1 aromatic rings. The molecule has 1 atom stereocenters. The van der Waals surface area contributed by atoms with Crippen molar-refractivity contribution in [2.45, 2.75) is 26.8 Å². The molecule has 0 aromatic heterocycles. The van der Waals surface area contributed by atoms with E-state index in [9.17, 15) is 9.18 Å². The van der Waals surface area contributed by atoms with Crippen LogP contribution in [0.15, 0.2) is 18.2 Å². The van der Waals surface area contributed by atoms with Gasteiger partial charge in [0.25, 0.3) is 0 Å². The largest absolute Gasteiger partial charge is 0.369 e. The van der Waals surface area contributed by atoms with E-state index in [1.165, 1.54) is 12.1 Å². The van der Waals surface area contributed by atoms with Gasteiger partial charge in [-0.2, -0.15) is 0 Å². The maximum atomic E-state index is 12.9. The predicted molar refractivity (Wildman–Crippen MR) is 70.8 cm³/mol. The molecule has 3 N–H and O–H groups in total. The minimum absolute atomic E-state index is 0.0864. The van der Waals surface area contributed by atoms with Crippen molar-refractivity contribution in [2.75, 3.05) is 6.54 Å². The van der Waals surface area contributed by atoms with E-state index in [0.29, 0.717) is 11.6 Å². The van der Waals surface area contributed by atoms with Gasteiger partial charge in [-0.05, 0) is 38.5 Å². The van der Waals surface area contributed by atoms with Gasteiger partial charge in [0, 0.05) is 17.6 Å². The van der Waals surface area contributed by atoms with Gasteiger partial charge < -0.3 is 11.1 Å². The van der Waals surface area contributed by atoms with Crippen molar-refractivity contribution in [1.29, 1.82) is 0 Å². The number of hydrogen-bond donors (Lipinski definition) is 2. The normalized spacial score (nSPS) is 13.4. The van der Waals surface area contributed by atoms with Crippen molar-refractivity contribution < 1.29 is 9.18 Å². The van der Waals surface area contributed by atoms with Crippen LogP contribution in [0.25, 0.3) is 0 Å². The summed E-state index contributed by atoms with van der Waals surface area (Å²) in [6.07, 6.45) is 0. The Bertz CT molecular complexity index is 449. The molecule has 0 aliphatic carbocycles. The quantitative estimate of drug-likeness (QED) is 0.866. The number of carbonyl (C=O) groups is 1. The zero-order valence-corrected chi connectivity index (χ0v) is 11.5. The highest BCUT2D eigenvalue weighted by Crippen LogP contribution is 2.24. The minimum Gasteiger partial charge on any atom is -0.369 e. The lowest BCUT2D eigenvalue weighted by molar-refractivity contribution is -0.125. The van der Waals surface area contributed by atoms with Crippen LogP contribution in [-0.4, -0.2) is 12.5 Å². The molecule has 0 spiro atoms. The van der Waals surface area contributed by atoms with Crippen LogP contribution in [-0.2, 0) is 4.79 Å². The number of halogens is 2. The monoisotopic (exact) mass is 272 g/mol. The Hall–Kier alpha value is -1.13. The van der Waals surface area contributed by atoms with Gasteiger partial charge >= 0.3 is 0 Å². The number of hydrogen-bond acceptors (Lipinski definition) is 2. The first-order valence-electron chi connectivity index (χ1n) is 5.72. The third kappa shape index (κ3) is 3.68. The number of amides is 1. The van der Waals surface area contributed by atoms with Crippen molar-refractivity contribution in [1.82, 2.24) is 5.32 Å². The summed E-state index contributed by atoms with van der Waals surface area (Å²) in [5.41, 5.74) is 5.44. The average molecular weight is 273 g/mol. The Morgan fingerprint density at radius 2 is 2.17 bits per heavy atom. The lowest BCUT2D eigenvalue weighted by atomic mass is 9.92. The standard InChI is InChI=1S/C13H18ClFN2O/c1-8(17-7-13(2,3)12(16)18)10-5-4-9(15)6-11(10)14/h4-6,8,17H,7H2,1-3H3,(H2,16,18). The zero-order valence-electron chi connectivity index (χ0n) is 10.8. The van der Waals surface area contributed by atoms with E-state index in [2.05, 4.69) is 5.32 Å². The molecule has 1 aromatic carbocycles. The molecule has 0 radical (unpaired) electrons. The molecule has 0 aliphatic heterocycles. The fraction of sp³-hybridized carbons (Fsp3) is 0.462. The van der Waals surface area contributed by atoms with Gasteiger partial charge in [0.1, 0.15) is 5.82 Å². The molecule has 0 saturated carbocycles. The topological polar surface area (TPSA) is 55.1 Å². The minimum atomic E-state index is -0.638. The zero-order chi connectivity index (χ0) is 13.9. The van der Waals surface area contributed by atoms with E-state index >= 15 is 0 Å². The molecule has 0 saturated heterocycles. The molecule has 1 unspecified atom stereocenters. The van der Waals surface area contributed by atoms with Crippen molar-refractivity contribution in [2.24, 2.45) is 11.1 Å². The second-order valence-corrected chi connectivity index (χ2v) is 5.42. The van der Waals surface area contributed by atoms with Gasteiger partial charge in [0.05, 0.1) is 5.41 Å². The van der Waals surface area contributed by atoms with E-state index in [-0.39, 0.29) is 17.8 Å². The first-order chi connectivity index (χ1) is 8.24. The molecule has 1 rings (SSSR count). The highest BCUT2D eigenvalue weighted by Gasteiger charge is 2.25. The van der Waals surface area contributed by atoms with E-state index in [1.807, 2.05) is 6.92 Å². The Morgan fingerprint density at radius 3 is 2.67 bits per heavy atom. The molecule has 18 heavy (non-hydrogen) atoms. The third-order valence-corrected chi connectivity index (χ3v) is 3.27. The first-order valence-corrected chi connectivity index (χ1v) is 6.10. The van der Waals surface area contributed by atoms with E-state index < -0.39 is 5.41 Å². The molecular weight excluding hydrogens is 255 g/mol. The van der Waals surface area contributed by atoms with Gasteiger partial charge in [0.2, 0.25) is 5.91 Å². The van der Waals surface area contributed by atoms with Crippen LogP contribution in [0.5, 0.6) is 0 Å². The molecule has 0 bridgehead atoms. The number of nitrogens with two attached hydrogens (primary N) is 1. The lowest BCUT2D eigenvalue weighted by Gasteiger charge is -2.24. The number of primary amides is 1. The van der Waals surface area contributed by atoms with Crippen molar-refractivity contribution in [3.8, 4) is 0 Å². The molecule has 100 valence electrons. The van der Waals surface area contributed by atoms with Crippen molar-refractivity contribution in [3.05, 3.63) is 34.6 Å². The van der Waals surface area contributed by atoms with Gasteiger partial charge in [-0.15, -0.1) is 0 Å². The Morgan fingerprint density at radius 1 is 1.56 bits per heavy atom. The van der Waals surface area contributed by atoms with Crippen molar-refractivity contribution >= 4 is 17.5 Å². The van der Waals surface area contributed by atoms with Crippen LogP contribution in [0.3, 0.4) is 0 Å². The highest BCUT2D eigenvalue weighted by molar-refractivity contribution is 6.31. The number of nitrogens with one attached hydrogen (secondary N) is 1. The smallest absolute Gasteiger partial charge is 0.224 e. The molecule has 0 aliphatic rings. The van der Waals surface area contributed by atoms with E-state index in [1.54, 1.807) is 19.9 Å². The van der Waals surface area contributed by atoms with Gasteiger partial charge in [-0.25, -0.2) is 4.39 Å². The van der Waals surface area contributed by atoms with Crippen LogP contribution in [0.4, 0.5) is 4.39 Å². The lowest BCUT2D eigenvalue weighted by Crippen LogP contribution is -2.41. The SMILES string of the molecule is CC(NCC(C)(C)C(N)=O)c1ccc(F)cc1Cl. The summed E-state index contributed by atoms with van der Waals surface area (Å²) < 4.78 is 12.9. The molecule has 5 heteroatoms. The maximum absolute atomic E-state index is 12.9. The summed E-state index contributed by atoms with van der Waals surface area (Å²) >= 11 is 5.97. The number of benzene rings is 1. The van der Waals surface area contributed by atoms with E-state index in [0.717, 1.165) is 5.56 Å². The Balaban J connectivity index is 2.71. The predicted octanol–water partition coefficient (Wildman–Crippen LogP) is 2.64. The van der Waals surface area contributed by atoms with E-state index in [4.69, 9.17) is 17.3 Å². The second-order valence-electron chi connectivity index (χ2n) is 5.02. The number of carbonyl (C=O) groups excluding carboxylic acids is 1. The maximum Gasteiger partial charge on any atom is 0.224 e. The van der Waals surface area contributed by atoms with Crippen LogP contribution >= 0.6 is 11.6 Å². The average Bonchev–Trinajstić information content (AvgIpc) is 2.25. The second kappa shape index (κ2) is 5.67. The first kappa shape index (κ1) is 14.9.